The highest BCUT2D eigenvalue weighted by atomic mass is 79.9. The zero-order valence-electron chi connectivity index (χ0n) is 9.07. The Labute approximate surface area is 117 Å². The Kier molecular flexibility index (Phi) is 4.42. The molecule has 2 aromatic rings. The van der Waals surface area contributed by atoms with Crippen LogP contribution in [0.15, 0.2) is 40.9 Å². The lowest BCUT2D eigenvalue weighted by Crippen LogP contribution is -2.18. The molecule has 0 saturated heterocycles. The van der Waals surface area contributed by atoms with E-state index in [-0.39, 0.29) is 0 Å². The summed E-state index contributed by atoms with van der Waals surface area (Å²) in [7, 11) is 0. The van der Waals surface area contributed by atoms with E-state index in [1.807, 2.05) is 30.3 Å². The summed E-state index contributed by atoms with van der Waals surface area (Å²) in [5.74, 6) is 0.778. The van der Waals surface area contributed by atoms with Gasteiger partial charge >= 0.3 is 0 Å². The fourth-order valence-corrected chi connectivity index (χ4v) is 2.09. The van der Waals surface area contributed by atoms with Gasteiger partial charge in [-0.15, -0.1) is 0 Å². The van der Waals surface area contributed by atoms with Crippen molar-refractivity contribution < 1.29 is 9.84 Å². The van der Waals surface area contributed by atoms with E-state index in [4.69, 9.17) is 4.74 Å². The molecule has 0 saturated carbocycles. The van der Waals surface area contributed by atoms with Crippen LogP contribution < -0.4 is 4.74 Å². The van der Waals surface area contributed by atoms with Crippen LogP contribution in [-0.2, 0) is 0 Å². The molecule has 0 aliphatic rings. The molecule has 2 rings (SSSR count). The molecular formula is C13H12Br2O2. The van der Waals surface area contributed by atoms with Gasteiger partial charge in [-0.05, 0) is 35.0 Å². The predicted octanol–water partition coefficient (Wildman–Crippen LogP) is 3.74. The smallest absolute Gasteiger partial charge is 0.120 e. The zero-order chi connectivity index (χ0) is 12.3. The first-order valence-electron chi connectivity index (χ1n) is 5.25. The third kappa shape index (κ3) is 3.44. The Hall–Kier alpha value is -0.580. The maximum atomic E-state index is 9.39. The van der Waals surface area contributed by atoms with Crippen molar-refractivity contribution in [1.29, 1.82) is 0 Å². The van der Waals surface area contributed by atoms with Crippen LogP contribution in [0, 0.1) is 0 Å². The largest absolute Gasteiger partial charge is 0.491 e. The molecule has 0 bridgehead atoms. The number of aliphatic hydroxyl groups excluding tert-OH is 1. The SMILES string of the molecule is OC(CBr)COc1ccc2cc(Br)ccc2c1. The van der Waals surface area contributed by atoms with E-state index in [2.05, 4.69) is 37.9 Å². The van der Waals surface area contributed by atoms with Crippen molar-refractivity contribution in [3.8, 4) is 5.75 Å². The fraction of sp³-hybridized carbons (Fsp3) is 0.231. The lowest BCUT2D eigenvalue weighted by molar-refractivity contribution is 0.127. The molecule has 17 heavy (non-hydrogen) atoms. The number of alkyl halides is 1. The van der Waals surface area contributed by atoms with Crippen LogP contribution in [0.2, 0.25) is 0 Å². The standard InChI is InChI=1S/C13H12Br2O2/c14-7-12(16)8-17-13-4-2-9-5-11(15)3-1-10(9)6-13/h1-6,12,16H,7-8H2. The molecule has 0 spiro atoms. The molecule has 0 radical (unpaired) electrons. The first kappa shape index (κ1) is 12.9. The topological polar surface area (TPSA) is 29.5 Å². The molecule has 90 valence electrons. The van der Waals surface area contributed by atoms with E-state index in [9.17, 15) is 5.11 Å². The van der Waals surface area contributed by atoms with Gasteiger partial charge in [-0.2, -0.15) is 0 Å². The maximum Gasteiger partial charge on any atom is 0.120 e. The zero-order valence-corrected chi connectivity index (χ0v) is 12.2. The molecule has 0 fully saturated rings. The summed E-state index contributed by atoms with van der Waals surface area (Å²) in [5, 5.41) is 12.2. The summed E-state index contributed by atoms with van der Waals surface area (Å²) in [4.78, 5) is 0. The highest BCUT2D eigenvalue weighted by Crippen LogP contribution is 2.24. The van der Waals surface area contributed by atoms with Crippen molar-refractivity contribution >= 4 is 42.6 Å². The van der Waals surface area contributed by atoms with Crippen LogP contribution in [-0.4, -0.2) is 23.1 Å². The summed E-state index contributed by atoms with van der Waals surface area (Å²) >= 11 is 6.64. The minimum atomic E-state index is -0.476. The Morgan fingerprint density at radius 3 is 2.59 bits per heavy atom. The van der Waals surface area contributed by atoms with Crippen molar-refractivity contribution in [2.45, 2.75) is 6.10 Å². The van der Waals surface area contributed by atoms with Gasteiger partial charge in [0.25, 0.3) is 0 Å². The van der Waals surface area contributed by atoms with Crippen molar-refractivity contribution in [3.05, 3.63) is 40.9 Å². The van der Waals surface area contributed by atoms with Crippen molar-refractivity contribution in [3.63, 3.8) is 0 Å². The van der Waals surface area contributed by atoms with Crippen molar-refractivity contribution in [2.24, 2.45) is 0 Å². The van der Waals surface area contributed by atoms with Gasteiger partial charge in [-0.25, -0.2) is 0 Å². The van der Waals surface area contributed by atoms with E-state index >= 15 is 0 Å². The number of ether oxygens (including phenoxy) is 1. The number of rotatable bonds is 4. The summed E-state index contributed by atoms with van der Waals surface area (Å²) in [6, 6.07) is 12.0. The summed E-state index contributed by atoms with van der Waals surface area (Å²) in [6.07, 6.45) is -0.476. The van der Waals surface area contributed by atoms with E-state index in [0.717, 1.165) is 21.0 Å². The number of hydrogen-bond donors (Lipinski definition) is 1. The monoisotopic (exact) mass is 358 g/mol. The second-order valence-corrected chi connectivity index (χ2v) is 5.34. The predicted molar refractivity (Wildman–Crippen MR) is 76.9 cm³/mol. The molecule has 0 aliphatic carbocycles. The quantitative estimate of drug-likeness (QED) is 0.842. The number of aliphatic hydroxyl groups is 1. The number of halogens is 2. The average Bonchev–Trinajstić information content (AvgIpc) is 2.35. The van der Waals surface area contributed by atoms with E-state index in [0.29, 0.717) is 11.9 Å². The fourth-order valence-electron chi connectivity index (χ4n) is 1.52. The normalized spacial score (nSPS) is 12.6. The second kappa shape index (κ2) is 5.85. The lowest BCUT2D eigenvalue weighted by atomic mass is 10.1. The molecule has 0 aliphatic heterocycles. The third-order valence-electron chi connectivity index (χ3n) is 2.39. The van der Waals surface area contributed by atoms with Gasteiger partial charge in [-0.3, -0.25) is 0 Å². The molecule has 2 nitrogen and oxygen atoms in total. The molecule has 0 amide bonds. The molecule has 0 aromatic heterocycles. The number of hydrogen-bond acceptors (Lipinski definition) is 2. The minimum Gasteiger partial charge on any atom is -0.491 e. The number of benzene rings is 2. The van der Waals surface area contributed by atoms with E-state index < -0.39 is 6.10 Å². The van der Waals surface area contributed by atoms with Gasteiger partial charge in [0, 0.05) is 9.80 Å². The molecule has 2 aromatic carbocycles. The minimum absolute atomic E-state index is 0.299. The Morgan fingerprint density at radius 1 is 1.12 bits per heavy atom. The van der Waals surface area contributed by atoms with Gasteiger partial charge in [0.15, 0.2) is 0 Å². The van der Waals surface area contributed by atoms with Crippen molar-refractivity contribution in [1.82, 2.24) is 0 Å². The van der Waals surface area contributed by atoms with Crippen LogP contribution in [0.4, 0.5) is 0 Å². The van der Waals surface area contributed by atoms with Crippen LogP contribution in [0.5, 0.6) is 5.75 Å². The molecule has 4 heteroatoms. The molecule has 1 unspecified atom stereocenters. The second-order valence-electron chi connectivity index (χ2n) is 3.77. The molecule has 0 heterocycles. The first-order valence-corrected chi connectivity index (χ1v) is 7.16. The van der Waals surface area contributed by atoms with Crippen LogP contribution in [0.1, 0.15) is 0 Å². The Bertz CT molecular complexity index is 514. The highest BCUT2D eigenvalue weighted by Gasteiger charge is 2.03. The molecular weight excluding hydrogens is 348 g/mol. The van der Waals surface area contributed by atoms with Crippen LogP contribution in [0.25, 0.3) is 10.8 Å². The summed E-state index contributed by atoms with van der Waals surface area (Å²) in [5.41, 5.74) is 0. The average molecular weight is 360 g/mol. The van der Waals surface area contributed by atoms with Gasteiger partial charge < -0.3 is 9.84 Å². The third-order valence-corrected chi connectivity index (χ3v) is 3.63. The Morgan fingerprint density at radius 2 is 1.82 bits per heavy atom. The van der Waals surface area contributed by atoms with Crippen LogP contribution in [0.3, 0.4) is 0 Å². The maximum absolute atomic E-state index is 9.39. The lowest BCUT2D eigenvalue weighted by Gasteiger charge is -2.10. The first-order chi connectivity index (χ1) is 8.19. The molecule has 1 N–H and O–H groups in total. The molecule has 1 atom stereocenters. The van der Waals surface area contributed by atoms with Crippen molar-refractivity contribution in [2.75, 3.05) is 11.9 Å². The number of fused-ring (bicyclic) bond motifs is 1. The Balaban J connectivity index is 2.17. The van der Waals surface area contributed by atoms with Gasteiger partial charge in [0.1, 0.15) is 12.4 Å². The van der Waals surface area contributed by atoms with Gasteiger partial charge in [0.05, 0.1) is 6.10 Å². The van der Waals surface area contributed by atoms with E-state index in [1.165, 1.54) is 0 Å². The summed E-state index contributed by atoms with van der Waals surface area (Å²) in [6.45, 7) is 0.299. The van der Waals surface area contributed by atoms with Crippen LogP contribution >= 0.6 is 31.9 Å². The van der Waals surface area contributed by atoms with Gasteiger partial charge in [-0.1, -0.05) is 44.0 Å². The van der Waals surface area contributed by atoms with Gasteiger partial charge in [0.2, 0.25) is 0 Å². The van der Waals surface area contributed by atoms with E-state index in [1.54, 1.807) is 0 Å². The summed E-state index contributed by atoms with van der Waals surface area (Å²) < 4.78 is 6.57. The highest BCUT2D eigenvalue weighted by molar-refractivity contribution is 9.10.